The smallest absolute Gasteiger partial charge is 0.285 e. The molecule has 0 saturated carbocycles. The Kier molecular flexibility index (Phi) is 4.45. The first-order chi connectivity index (χ1) is 9.38. The van der Waals surface area contributed by atoms with E-state index < -0.39 is 0 Å². The van der Waals surface area contributed by atoms with E-state index in [9.17, 15) is 4.79 Å². The van der Waals surface area contributed by atoms with Crippen molar-refractivity contribution in [3.05, 3.63) is 37.7 Å². The number of hydrogen-bond acceptors (Lipinski definition) is 5. The quantitative estimate of drug-likeness (QED) is 0.910. The first-order valence-corrected chi connectivity index (χ1v) is 7.55. The standard InChI is InChI=1S/C13H17ClN4OS/c1-13(2,3)12-17-8(7-20-12)4-5-15-9-6-16-18-11(19)10(9)14/h6-7H,4-5H2,1-3H3,(H2,15,18,19). The molecule has 0 bridgehead atoms. The molecule has 0 unspecified atom stereocenters. The Balaban J connectivity index is 1.95. The van der Waals surface area contributed by atoms with E-state index in [1.807, 2.05) is 0 Å². The predicted octanol–water partition coefficient (Wildman–Crippen LogP) is 2.83. The minimum atomic E-state index is -0.389. The zero-order chi connectivity index (χ0) is 14.8. The van der Waals surface area contributed by atoms with Crippen molar-refractivity contribution in [1.82, 2.24) is 15.2 Å². The molecule has 0 saturated heterocycles. The third-order valence-corrected chi connectivity index (χ3v) is 4.38. The number of aromatic amines is 1. The van der Waals surface area contributed by atoms with Gasteiger partial charge in [0.15, 0.2) is 0 Å². The van der Waals surface area contributed by atoms with Crippen molar-refractivity contribution in [1.29, 1.82) is 0 Å². The minimum absolute atomic E-state index is 0.0797. The molecular formula is C13H17ClN4OS. The molecule has 2 N–H and O–H groups in total. The lowest BCUT2D eigenvalue weighted by Gasteiger charge is -2.13. The molecule has 5 nitrogen and oxygen atoms in total. The summed E-state index contributed by atoms with van der Waals surface area (Å²) in [7, 11) is 0. The third-order valence-electron chi connectivity index (χ3n) is 2.69. The lowest BCUT2D eigenvalue weighted by Crippen LogP contribution is -2.14. The molecule has 0 aromatic carbocycles. The van der Waals surface area contributed by atoms with E-state index in [1.54, 1.807) is 11.3 Å². The van der Waals surface area contributed by atoms with Crippen LogP contribution in [0.3, 0.4) is 0 Å². The number of halogens is 1. The van der Waals surface area contributed by atoms with Gasteiger partial charge in [-0.1, -0.05) is 32.4 Å². The molecule has 0 aliphatic heterocycles. The minimum Gasteiger partial charge on any atom is -0.382 e. The molecule has 7 heteroatoms. The Bertz CT molecular complexity index is 644. The topological polar surface area (TPSA) is 70.7 Å². The highest BCUT2D eigenvalue weighted by atomic mass is 35.5. The van der Waals surface area contributed by atoms with Crippen molar-refractivity contribution >= 4 is 28.6 Å². The van der Waals surface area contributed by atoms with Crippen molar-refractivity contribution in [2.75, 3.05) is 11.9 Å². The molecule has 2 aromatic heterocycles. The van der Waals surface area contributed by atoms with Gasteiger partial charge in [0.1, 0.15) is 5.02 Å². The number of rotatable bonds is 4. The van der Waals surface area contributed by atoms with E-state index in [4.69, 9.17) is 11.6 Å². The van der Waals surface area contributed by atoms with Gasteiger partial charge >= 0.3 is 0 Å². The van der Waals surface area contributed by atoms with Crippen LogP contribution in [-0.2, 0) is 11.8 Å². The maximum Gasteiger partial charge on any atom is 0.285 e. The second kappa shape index (κ2) is 5.93. The van der Waals surface area contributed by atoms with Crippen LogP contribution in [0.5, 0.6) is 0 Å². The van der Waals surface area contributed by atoms with Gasteiger partial charge in [-0.2, -0.15) is 5.10 Å². The molecular weight excluding hydrogens is 296 g/mol. The zero-order valence-electron chi connectivity index (χ0n) is 11.7. The average Bonchev–Trinajstić information content (AvgIpc) is 2.83. The molecule has 2 aromatic rings. The van der Waals surface area contributed by atoms with Gasteiger partial charge in [0.25, 0.3) is 5.56 Å². The predicted molar refractivity (Wildman–Crippen MR) is 82.9 cm³/mol. The SMILES string of the molecule is CC(C)(C)c1nc(CCNc2cn[nH]c(=O)c2Cl)cs1. The van der Waals surface area contributed by atoms with Gasteiger partial charge in [0.2, 0.25) is 0 Å². The lowest BCUT2D eigenvalue weighted by atomic mass is 9.98. The highest BCUT2D eigenvalue weighted by Crippen LogP contribution is 2.25. The summed E-state index contributed by atoms with van der Waals surface area (Å²) in [5, 5.41) is 12.4. The normalized spacial score (nSPS) is 11.6. The van der Waals surface area contributed by atoms with Crippen molar-refractivity contribution in [2.24, 2.45) is 0 Å². The molecule has 0 aliphatic rings. The second-order valence-electron chi connectivity index (χ2n) is 5.50. The fourth-order valence-corrected chi connectivity index (χ4v) is 2.70. The Morgan fingerprint density at radius 1 is 1.45 bits per heavy atom. The largest absolute Gasteiger partial charge is 0.382 e. The third kappa shape index (κ3) is 3.58. The number of aromatic nitrogens is 3. The van der Waals surface area contributed by atoms with Gasteiger partial charge in [-0.3, -0.25) is 4.79 Å². The maximum absolute atomic E-state index is 11.3. The van der Waals surface area contributed by atoms with Crippen LogP contribution in [0.2, 0.25) is 5.02 Å². The number of nitrogens with one attached hydrogen (secondary N) is 2. The number of thiazole rings is 1. The molecule has 0 atom stereocenters. The lowest BCUT2D eigenvalue weighted by molar-refractivity contribution is 0.583. The summed E-state index contributed by atoms with van der Waals surface area (Å²) in [4.78, 5) is 15.9. The number of H-pyrrole nitrogens is 1. The first kappa shape index (κ1) is 15.0. The Morgan fingerprint density at radius 2 is 2.20 bits per heavy atom. The van der Waals surface area contributed by atoms with Gasteiger partial charge in [-0.15, -0.1) is 11.3 Å². The van der Waals surface area contributed by atoms with Crippen molar-refractivity contribution in [3.8, 4) is 0 Å². The van der Waals surface area contributed by atoms with Crippen LogP contribution in [-0.4, -0.2) is 21.7 Å². The number of hydrogen-bond donors (Lipinski definition) is 2. The first-order valence-electron chi connectivity index (χ1n) is 6.30. The molecule has 2 heterocycles. The number of nitrogens with zero attached hydrogens (tertiary/aromatic N) is 2. The van der Waals surface area contributed by atoms with E-state index >= 15 is 0 Å². The van der Waals surface area contributed by atoms with E-state index in [-0.39, 0.29) is 16.0 Å². The van der Waals surface area contributed by atoms with Crippen molar-refractivity contribution < 1.29 is 0 Å². The molecule has 108 valence electrons. The molecule has 0 radical (unpaired) electrons. The van der Waals surface area contributed by atoms with Crippen molar-refractivity contribution in [2.45, 2.75) is 32.6 Å². The number of anilines is 1. The highest BCUT2D eigenvalue weighted by Gasteiger charge is 2.17. The summed E-state index contributed by atoms with van der Waals surface area (Å²) in [5.74, 6) is 0. The molecule has 0 spiro atoms. The van der Waals surface area contributed by atoms with Gasteiger partial charge in [-0.25, -0.2) is 10.1 Å². The van der Waals surface area contributed by atoms with E-state index in [0.29, 0.717) is 12.2 Å². The van der Waals surface area contributed by atoms with Crippen LogP contribution in [0.15, 0.2) is 16.4 Å². The fraction of sp³-hybridized carbons (Fsp3) is 0.462. The Morgan fingerprint density at radius 3 is 2.85 bits per heavy atom. The van der Waals surface area contributed by atoms with Gasteiger partial charge in [0.05, 0.1) is 22.6 Å². The van der Waals surface area contributed by atoms with Crippen molar-refractivity contribution in [3.63, 3.8) is 0 Å². The van der Waals surface area contributed by atoms with Gasteiger partial charge in [0, 0.05) is 23.8 Å². The maximum atomic E-state index is 11.3. The summed E-state index contributed by atoms with van der Waals surface area (Å²) in [6.45, 7) is 7.10. The molecule has 2 rings (SSSR count). The van der Waals surface area contributed by atoms with Crippen LogP contribution in [0.25, 0.3) is 0 Å². The van der Waals surface area contributed by atoms with E-state index in [1.165, 1.54) is 6.20 Å². The van der Waals surface area contributed by atoms with Gasteiger partial charge < -0.3 is 5.32 Å². The average molecular weight is 313 g/mol. The molecule has 20 heavy (non-hydrogen) atoms. The fourth-order valence-electron chi connectivity index (χ4n) is 1.60. The van der Waals surface area contributed by atoms with Crippen LogP contribution >= 0.6 is 22.9 Å². The molecule has 0 aliphatic carbocycles. The Labute approximate surface area is 126 Å². The van der Waals surface area contributed by atoms with Crippen LogP contribution < -0.4 is 10.9 Å². The monoisotopic (exact) mass is 312 g/mol. The van der Waals surface area contributed by atoms with Crippen LogP contribution in [0.4, 0.5) is 5.69 Å². The zero-order valence-corrected chi connectivity index (χ0v) is 13.2. The summed E-state index contributed by atoms with van der Waals surface area (Å²) in [6.07, 6.45) is 2.28. The van der Waals surface area contributed by atoms with Crippen LogP contribution in [0.1, 0.15) is 31.5 Å². The Hall–Kier alpha value is -1.40. The highest BCUT2D eigenvalue weighted by molar-refractivity contribution is 7.09. The summed E-state index contributed by atoms with van der Waals surface area (Å²) >= 11 is 7.56. The second-order valence-corrected chi connectivity index (χ2v) is 6.73. The summed E-state index contributed by atoms with van der Waals surface area (Å²) in [6, 6.07) is 0. The van der Waals surface area contributed by atoms with Crippen LogP contribution in [0, 0.1) is 0 Å². The molecule has 0 amide bonds. The van der Waals surface area contributed by atoms with E-state index in [0.717, 1.165) is 17.1 Å². The van der Waals surface area contributed by atoms with Gasteiger partial charge in [-0.05, 0) is 0 Å². The van der Waals surface area contributed by atoms with E-state index in [2.05, 4.69) is 46.6 Å². The summed E-state index contributed by atoms with van der Waals surface area (Å²) in [5.41, 5.74) is 1.28. The summed E-state index contributed by atoms with van der Waals surface area (Å²) < 4.78 is 0. The molecule has 0 fully saturated rings.